The van der Waals surface area contributed by atoms with E-state index in [-0.39, 0.29) is 16.9 Å². The molecule has 160 valence electrons. The number of esters is 1. The highest BCUT2D eigenvalue weighted by molar-refractivity contribution is 5.89. The van der Waals surface area contributed by atoms with Crippen molar-refractivity contribution in [1.82, 2.24) is 0 Å². The zero-order chi connectivity index (χ0) is 22.6. The number of carbonyl (C=O) groups excluding carboxylic acids is 1. The van der Waals surface area contributed by atoms with Crippen molar-refractivity contribution in [1.29, 1.82) is 0 Å². The van der Waals surface area contributed by atoms with E-state index in [0.29, 0.717) is 16.7 Å². The third-order valence-corrected chi connectivity index (χ3v) is 5.09. The molecule has 0 radical (unpaired) electrons. The largest absolute Gasteiger partial charge is 0.460 e. The summed E-state index contributed by atoms with van der Waals surface area (Å²) in [6, 6.07) is 27.5. The Morgan fingerprint density at radius 3 is 2.39 bits per heavy atom. The standard InChI is InChI=1S/C28H18O5/c29-27(15-10-19-6-2-1-3-7-19)33-23-13-14-24-25(17-23)31-18-26(28(24)30)32-22-12-11-20-8-4-5-9-21(20)16-22/h1-18H. The molecule has 0 saturated carbocycles. The van der Waals surface area contributed by atoms with E-state index in [1.54, 1.807) is 24.3 Å². The van der Waals surface area contributed by atoms with Gasteiger partial charge in [0.15, 0.2) is 0 Å². The Labute approximate surface area is 189 Å². The van der Waals surface area contributed by atoms with E-state index in [0.717, 1.165) is 16.3 Å². The van der Waals surface area contributed by atoms with Crippen LogP contribution < -0.4 is 14.9 Å². The summed E-state index contributed by atoms with van der Waals surface area (Å²) in [5.41, 5.74) is 0.868. The van der Waals surface area contributed by atoms with Gasteiger partial charge < -0.3 is 13.9 Å². The predicted octanol–water partition coefficient (Wildman–Crippen LogP) is 6.36. The van der Waals surface area contributed by atoms with Crippen molar-refractivity contribution in [2.75, 3.05) is 0 Å². The van der Waals surface area contributed by atoms with Crippen LogP contribution in [0.5, 0.6) is 17.2 Å². The summed E-state index contributed by atoms with van der Waals surface area (Å²) < 4.78 is 16.7. The van der Waals surface area contributed by atoms with Crippen LogP contribution in [0.2, 0.25) is 0 Å². The Bertz CT molecular complexity index is 1550. The van der Waals surface area contributed by atoms with Gasteiger partial charge >= 0.3 is 5.97 Å². The van der Waals surface area contributed by atoms with Crippen LogP contribution in [-0.4, -0.2) is 5.97 Å². The second kappa shape index (κ2) is 8.85. The van der Waals surface area contributed by atoms with Crippen molar-refractivity contribution >= 4 is 33.8 Å². The third kappa shape index (κ3) is 4.52. The van der Waals surface area contributed by atoms with Crippen LogP contribution in [0.15, 0.2) is 113 Å². The molecular formula is C28H18O5. The molecule has 0 aliphatic heterocycles. The van der Waals surface area contributed by atoms with E-state index in [1.165, 1.54) is 18.4 Å². The summed E-state index contributed by atoms with van der Waals surface area (Å²) in [4.78, 5) is 25.0. The molecule has 5 heteroatoms. The lowest BCUT2D eigenvalue weighted by atomic mass is 10.1. The van der Waals surface area contributed by atoms with Crippen molar-refractivity contribution in [2.45, 2.75) is 0 Å². The monoisotopic (exact) mass is 434 g/mol. The Morgan fingerprint density at radius 2 is 1.55 bits per heavy atom. The molecule has 0 aliphatic carbocycles. The van der Waals surface area contributed by atoms with Gasteiger partial charge in [-0.2, -0.15) is 0 Å². The second-order valence-electron chi connectivity index (χ2n) is 7.36. The van der Waals surface area contributed by atoms with Crippen molar-refractivity contribution in [3.63, 3.8) is 0 Å². The maximum atomic E-state index is 12.9. The van der Waals surface area contributed by atoms with E-state index in [1.807, 2.05) is 66.7 Å². The maximum absolute atomic E-state index is 12.9. The van der Waals surface area contributed by atoms with Crippen molar-refractivity contribution < 1.29 is 18.7 Å². The highest BCUT2D eigenvalue weighted by Gasteiger charge is 2.11. The highest BCUT2D eigenvalue weighted by atomic mass is 16.5. The SMILES string of the molecule is O=C(C=Cc1ccccc1)Oc1ccc2c(=O)c(Oc3ccc4ccccc4c3)coc2c1. The number of fused-ring (bicyclic) bond motifs is 2. The first-order valence-corrected chi connectivity index (χ1v) is 10.3. The minimum absolute atomic E-state index is 0.0771. The quantitative estimate of drug-likeness (QED) is 0.183. The summed E-state index contributed by atoms with van der Waals surface area (Å²) >= 11 is 0. The summed E-state index contributed by atoms with van der Waals surface area (Å²) in [5, 5.41) is 2.41. The Hall–Kier alpha value is -4.64. The smallest absolute Gasteiger partial charge is 0.336 e. The van der Waals surface area contributed by atoms with Gasteiger partial charge in [0.1, 0.15) is 23.3 Å². The number of hydrogen-bond donors (Lipinski definition) is 0. The first kappa shape index (κ1) is 20.3. The molecule has 0 fully saturated rings. The Balaban J connectivity index is 1.35. The van der Waals surface area contributed by atoms with Crippen LogP contribution in [0.3, 0.4) is 0 Å². The minimum atomic E-state index is -0.531. The van der Waals surface area contributed by atoms with Gasteiger partial charge in [0.2, 0.25) is 11.2 Å². The molecule has 0 unspecified atom stereocenters. The Morgan fingerprint density at radius 1 is 0.788 bits per heavy atom. The van der Waals surface area contributed by atoms with Crippen LogP contribution in [0.25, 0.3) is 27.8 Å². The van der Waals surface area contributed by atoms with Gasteiger partial charge in [-0.3, -0.25) is 4.79 Å². The third-order valence-electron chi connectivity index (χ3n) is 5.09. The molecule has 5 aromatic rings. The summed E-state index contributed by atoms with van der Waals surface area (Å²) in [6.45, 7) is 0. The average molecular weight is 434 g/mol. The van der Waals surface area contributed by atoms with Gasteiger partial charge in [-0.25, -0.2) is 4.79 Å². The van der Waals surface area contributed by atoms with Gasteiger partial charge in [0.05, 0.1) is 5.39 Å². The lowest BCUT2D eigenvalue weighted by molar-refractivity contribution is -0.128. The lowest BCUT2D eigenvalue weighted by Crippen LogP contribution is -2.06. The zero-order valence-electron chi connectivity index (χ0n) is 17.4. The normalized spacial score (nSPS) is 11.2. The van der Waals surface area contributed by atoms with E-state index in [2.05, 4.69) is 0 Å². The highest BCUT2D eigenvalue weighted by Crippen LogP contribution is 2.26. The molecule has 0 atom stereocenters. The van der Waals surface area contributed by atoms with E-state index in [9.17, 15) is 9.59 Å². The molecule has 4 aromatic carbocycles. The van der Waals surface area contributed by atoms with Crippen LogP contribution in [0.4, 0.5) is 0 Å². The number of rotatable bonds is 5. The summed E-state index contributed by atoms with van der Waals surface area (Å²) in [5.74, 6) is 0.359. The minimum Gasteiger partial charge on any atom is -0.460 e. The zero-order valence-corrected chi connectivity index (χ0v) is 17.4. The topological polar surface area (TPSA) is 65.7 Å². The molecule has 5 nitrogen and oxygen atoms in total. The predicted molar refractivity (Wildman–Crippen MR) is 128 cm³/mol. The number of ether oxygens (including phenoxy) is 2. The summed E-state index contributed by atoms with van der Waals surface area (Å²) in [6.07, 6.45) is 4.27. The van der Waals surface area contributed by atoms with Crippen LogP contribution in [0.1, 0.15) is 5.56 Å². The molecule has 0 amide bonds. The van der Waals surface area contributed by atoms with Gasteiger partial charge in [0, 0.05) is 12.1 Å². The van der Waals surface area contributed by atoms with Crippen molar-refractivity contribution in [2.24, 2.45) is 0 Å². The average Bonchev–Trinajstić information content (AvgIpc) is 2.85. The first-order valence-electron chi connectivity index (χ1n) is 10.3. The van der Waals surface area contributed by atoms with Crippen molar-refractivity contribution in [3.8, 4) is 17.2 Å². The molecule has 1 aromatic heterocycles. The van der Waals surface area contributed by atoms with E-state index >= 15 is 0 Å². The lowest BCUT2D eigenvalue weighted by Gasteiger charge is -2.07. The van der Waals surface area contributed by atoms with Gasteiger partial charge in [-0.05, 0) is 46.7 Å². The molecule has 0 saturated heterocycles. The van der Waals surface area contributed by atoms with Crippen molar-refractivity contribution in [3.05, 3.63) is 119 Å². The van der Waals surface area contributed by atoms with Crippen LogP contribution >= 0.6 is 0 Å². The molecule has 0 N–H and O–H groups in total. The second-order valence-corrected chi connectivity index (χ2v) is 7.36. The molecule has 5 rings (SSSR count). The number of hydrogen-bond acceptors (Lipinski definition) is 5. The van der Waals surface area contributed by atoms with E-state index in [4.69, 9.17) is 13.9 Å². The Kier molecular flexibility index (Phi) is 5.43. The van der Waals surface area contributed by atoms with Crippen LogP contribution in [0, 0.1) is 0 Å². The maximum Gasteiger partial charge on any atom is 0.336 e. The van der Waals surface area contributed by atoms with Gasteiger partial charge in [-0.1, -0.05) is 60.7 Å². The first-order chi connectivity index (χ1) is 16.2. The molecule has 0 bridgehead atoms. The molecule has 33 heavy (non-hydrogen) atoms. The fraction of sp³-hybridized carbons (Fsp3) is 0. The number of benzene rings is 4. The van der Waals surface area contributed by atoms with Gasteiger partial charge in [0.25, 0.3) is 0 Å². The molecule has 0 spiro atoms. The van der Waals surface area contributed by atoms with E-state index < -0.39 is 5.97 Å². The number of carbonyl (C=O) groups is 1. The summed E-state index contributed by atoms with van der Waals surface area (Å²) in [7, 11) is 0. The molecular weight excluding hydrogens is 416 g/mol. The fourth-order valence-electron chi connectivity index (χ4n) is 3.46. The van der Waals surface area contributed by atoms with Gasteiger partial charge in [-0.15, -0.1) is 0 Å². The fourth-order valence-corrected chi connectivity index (χ4v) is 3.46. The molecule has 0 aliphatic rings. The van der Waals surface area contributed by atoms with Crippen LogP contribution in [-0.2, 0) is 4.79 Å². The molecule has 1 heterocycles.